The predicted octanol–water partition coefficient (Wildman–Crippen LogP) is 6.94. The number of piperazine rings is 1. The number of anilines is 1. The second kappa shape index (κ2) is 12.0. The van der Waals surface area contributed by atoms with Crippen molar-refractivity contribution in [3.05, 3.63) is 101 Å². The second-order valence-electron chi connectivity index (χ2n) is 11.6. The molecule has 5 aromatic rings. The first-order valence-electron chi connectivity index (χ1n) is 14.8. The summed E-state index contributed by atoms with van der Waals surface area (Å²) >= 11 is 0. The maximum atomic E-state index is 10.9. The smallest absolute Gasteiger partial charge is 0.137 e. The van der Waals surface area contributed by atoms with Crippen molar-refractivity contribution in [1.29, 1.82) is 0 Å². The third kappa shape index (κ3) is 5.78. The van der Waals surface area contributed by atoms with Crippen LogP contribution in [0.2, 0.25) is 0 Å². The van der Waals surface area contributed by atoms with Gasteiger partial charge >= 0.3 is 0 Å². The number of aromatic amines is 1. The van der Waals surface area contributed by atoms with E-state index in [1.807, 2.05) is 36.7 Å². The Labute approximate surface area is 248 Å². The van der Waals surface area contributed by atoms with Gasteiger partial charge in [0.05, 0.1) is 13.2 Å². The molecule has 1 aliphatic heterocycles. The van der Waals surface area contributed by atoms with Crippen molar-refractivity contribution in [2.75, 3.05) is 45.2 Å². The van der Waals surface area contributed by atoms with E-state index in [0.717, 1.165) is 71.6 Å². The minimum absolute atomic E-state index is 0.516. The van der Waals surface area contributed by atoms with E-state index in [4.69, 9.17) is 9.72 Å². The van der Waals surface area contributed by atoms with Gasteiger partial charge in [0.25, 0.3) is 0 Å². The number of likely N-dealkylation sites (N-methyl/N-ethyl adjacent to an activating group) is 1. The molecule has 0 saturated carbocycles. The van der Waals surface area contributed by atoms with Crippen molar-refractivity contribution in [3.8, 4) is 28.0 Å². The van der Waals surface area contributed by atoms with Gasteiger partial charge in [0.15, 0.2) is 0 Å². The van der Waals surface area contributed by atoms with Crippen LogP contribution in [0.3, 0.4) is 0 Å². The number of methoxy groups -OCH3 is 1. The van der Waals surface area contributed by atoms with Crippen molar-refractivity contribution < 1.29 is 9.84 Å². The molecule has 2 aromatic heterocycles. The molecule has 42 heavy (non-hydrogen) atoms. The van der Waals surface area contributed by atoms with Gasteiger partial charge in [-0.25, -0.2) is 4.98 Å². The number of nitrogens with zero attached hydrogens (tertiary/aromatic N) is 3. The van der Waals surface area contributed by atoms with Crippen molar-refractivity contribution in [3.63, 3.8) is 0 Å². The lowest BCUT2D eigenvalue weighted by atomic mass is 9.96. The Hall–Kier alpha value is -4.13. The number of hydrogen-bond acceptors (Lipinski definition) is 5. The highest BCUT2D eigenvalue weighted by atomic mass is 16.5. The van der Waals surface area contributed by atoms with Gasteiger partial charge in [-0.2, -0.15) is 0 Å². The number of hydrogen-bond donors (Lipinski definition) is 2. The summed E-state index contributed by atoms with van der Waals surface area (Å²) in [6.07, 6.45) is 4.95. The molecule has 3 aromatic carbocycles. The van der Waals surface area contributed by atoms with Crippen LogP contribution < -0.4 is 9.64 Å². The van der Waals surface area contributed by atoms with E-state index in [0.29, 0.717) is 6.42 Å². The van der Waals surface area contributed by atoms with Crippen molar-refractivity contribution in [1.82, 2.24) is 14.9 Å². The summed E-state index contributed by atoms with van der Waals surface area (Å²) in [5.74, 6) is 0.846. The van der Waals surface area contributed by atoms with Crippen LogP contribution >= 0.6 is 0 Å². The van der Waals surface area contributed by atoms with E-state index in [-0.39, 0.29) is 0 Å². The zero-order valence-electron chi connectivity index (χ0n) is 25.0. The maximum Gasteiger partial charge on any atom is 0.137 e. The molecule has 0 aliphatic carbocycles. The van der Waals surface area contributed by atoms with Crippen LogP contribution in [0.25, 0.3) is 33.3 Å². The summed E-state index contributed by atoms with van der Waals surface area (Å²) in [6.45, 7) is 8.78. The first-order chi connectivity index (χ1) is 20.4. The number of ether oxygens (including phenoxy) is 1. The molecule has 0 spiro atoms. The van der Waals surface area contributed by atoms with Crippen LogP contribution in [0, 0.1) is 13.8 Å². The number of aliphatic hydroxyl groups is 1. The Bertz CT molecular complexity index is 1640. The van der Waals surface area contributed by atoms with E-state index in [2.05, 4.69) is 78.1 Å². The standard InChI is InChI=1S/C36H40N4O2/c1-24-19-29(20-25(2)35(24)40-17-15-39(3)16-18-40)30-21-32-33(23-38-36(32)37-22-30)27-8-10-28(11-9-27)34(41)14-7-26-5-12-31(42-4)13-6-26/h5-6,8-13,19-23,34,41H,7,14-18H2,1-4H3,(H,37,38). The fraction of sp³-hybridized carbons (Fsp3) is 0.306. The van der Waals surface area contributed by atoms with E-state index in [1.165, 1.54) is 27.9 Å². The van der Waals surface area contributed by atoms with Crippen LogP contribution in [0.4, 0.5) is 5.69 Å². The number of aryl methyl sites for hydroxylation is 3. The second-order valence-corrected chi connectivity index (χ2v) is 11.6. The molecule has 0 bridgehead atoms. The molecule has 1 unspecified atom stereocenters. The van der Waals surface area contributed by atoms with Gasteiger partial charge in [-0.1, -0.05) is 36.4 Å². The lowest BCUT2D eigenvalue weighted by molar-refractivity contribution is 0.168. The first-order valence-corrected chi connectivity index (χ1v) is 14.8. The largest absolute Gasteiger partial charge is 0.497 e. The van der Waals surface area contributed by atoms with Gasteiger partial charge in [-0.15, -0.1) is 0 Å². The lowest BCUT2D eigenvalue weighted by Crippen LogP contribution is -2.45. The van der Waals surface area contributed by atoms with Crippen molar-refractivity contribution >= 4 is 16.7 Å². The van der Waals surface area contributed by atoms with Gasteiger partial charge in [0.2, 0.25) is 0 Å². The summed E-state index contributed by atoms with van der Waals surface area (Å²) in [6, 6.07) is 23.2. The highest BCUT2D eigenvalue weighted by Gasteiger charge is 2.19. The number of pyridine rings is 1. The molecule has 6 rings (SSSR count). The third-order valence-corrected chi connectivity index (χ3v) is 8.65. The molecule has 2 N–H and O–H groups in total. The van der Waals surface area contributed by atoms with Crippen LogP contribution in [0.1, 0.15) is 34.8 Å². The number of aliphatic hydroxyl groups excluding tert-OH is 1. The molecule has 1 aliphatic rings. The normalized spacial score (nSPS) is 14.8. The molecule has 1 fully saturated rings. The summed E-state index contributed by atoms with van der Waals surface area (Å²) in [4.78, 5) is 13.0. The number of fused-ring (bicyclic) bond motifs is 1. The summed E-state index contributed by atoms with van der Waals surface area (Å²) in [5, 5.41) is 11.9. The monoisotopic (exact) mass is 560 g/mol. The summed E-state index contributed by atoms with van der Waals surface area (Å²) in [5.41, 5.74) is 11.5. The Morgan fingerprint density at radius 3 is 2.24 bits per heavy atom. The molecule has 1 atom stereocenters. The Morgan fingerprint density at radius 1 is 0.881 bits per heavy atom. The topological polar surface area (TPSA) is 64.6 Å². The number of benzene rings is 3. The minimum Gasteiger partial charge on any atom is -0.497 e. The van der Waals surface area contributed by atoms with Gasteiger partial charge in [0.1, 0.15) is 11.4 Å². The highest BCUT2D eigenvalue weighted by molar-refractivity contribution is 5.96. The fourth-order valence-electron chi connectivity index (χ4n) is 6.20. The average Bonchev–Trinajstić information content (AvgIpc) is 3.44. The Kier molecular flexibility index (Phi) is 8.00. The maximum absolute atomic E-state index is 10.9. The summed E-state index contributed by atoms with van der Waals surface area (Å²) in [7, 11) is 3.87. The van der Waals surface area contributed by atoms with Crippen LogP contribution in [-0.4, -0.2) is 60.3 Å². The summed E-state index contributed by atoms with van der Waals surface area (Å²) < 4.78 is 5.24. The number of aromatic nitrogens is 2. The van der Waals surface area contributed by atoms with Gasteiger partial charge in [-0.05, 0) is 97.4 Å². The molecule has 1 saturated heterocycles. The molecular formula is C36H40N4O2. The van der Waals surface area contributed by atoms with Crippen molar-refractivity contribution in [2.45, 2.75) is 32.8 Å². The minimum atomic E-state index is -0.516. The molecule has 6 heteroatoms. The van der Waals surface area contributed by atoms with E-state index in [1.54, 1.807) is 7.11 Å². The molecule has 3 heterocycles. The predicted molar refractivity (Wildman–Crippen MR) is 172 cm³/mol. The quantitative estimate of drug-likeness (QED) is 0.215. The SMILES string of the molecule is COc1ccc(CCC(O)c2ccc(-c3c[nH]c4ncc(-c5cc(C)c(N6CCN(C)CC6)c(C)c5)cc34)cc2)cc1. The molecule has 0 amide bonds. The zero-order valence-corrected chi connectivity index (χ0v) is 25.0. The number of nitrogens with one attached hydrogen (secondary N) is 1. The van der Waals surface area contributed by atoms with E-state index >= 15 is 0 Å². The first kappa shape index (κ1) is 28.0. The fourth-order valence-corrected chi connectivity index (χ4v) is 6.20. The average molecular weight is 561 g/mol. The van der Waals surface area contributed by atoms with Crippen LogP contribution in [0.5, 0.6) is 5.75 Å². The van der Waals surface area contributed by atoms with Crippen LogP contribution in [-0.2, 0) is 6.42 Å². The van der Waals surface area contributed by atoms with Gasteiger partial charge < -0.3 is 24.6 Å². The zero-order chi connectivity index (χ0) is 29.2. The van der Waals surface area contributed by atoms with Gasteiger partial charge in [-0.3, -0.25) is 0 Å². The van der Waals surface area contributed by atoms with E-state index < -0.39 is 6.10 Å². The Balaban J connectivity index is 1.20. The molecule has 216 valence electrons. The lowest BCUT2D eigenvalue weighted by Gasteiger charge is -2.36. The van der Waals surface area contributed by atoms with Crippen LogP contribution in [0.15, 0.2) is 79.1 Å². The van der Waals surface area contributed by atoms with E-state index in [9.17, 15) is 5.11 Å². The van der Waals surface area contributed by atoms with Crippen molar-refractivity contribution in [2.24, 2.45) is 0 Å². The van der Waals surface area contributed by atoms with Gasteiger partial charge in [0, 0.05) is 60.8 Å². The molecule has 6 nitrogen and oxygen atoms in total. The molecule has 0 radical (unpaired) electrons. The number of rotatable bonds is 8. The Morgan fingerprint density at radius 2 is 1.57 bits per heavy atom. The highest BCUT2D eigenvalue weighted by Crippen LogP contribution is 2.35. The third-order valence-electron chi connectivity index (χ3n) is 8.65. The molecular weight excluding hydrogens is 520 g/mol. The number of H-pyrrole nitrogens is 1.